The molecular weight excluding hydrogens is 256 g/mol. The smallest absolute Gasteiger partial charge is 0.338 e. The van der Waals surface area contributed by atoms with Gasteiger partial charge in [-0.05, 0) is 31.4 Å². The lowest BCUT2D eigenvalue weighted by molar-refractivity contribution is 0.0697. The van der Waals surface area contributed by atoms with Crippen LogP contribution in [0.25, 0.3) is 0 Å². The molecule has 0 heterocycles. The van der Waals surface area contributed by atoms with E-state index in [1.54, 1.807) is 38.2 Å². The van der Waals surface area contributed by atoms with Gasteiger partial charge in [0.25, 0.3) is 0 Å². The summed E-state index contributed by atoms with van der Waals surface area (Å²) < 4.78 is 0. The molecule has 20 heavy (non-hydrogen) atoms. The molecule has 0 aromatic heterocycles. The summed E-state index contributed by atoms with van der Waals surface area (Å²) >= 11 is 0. The van der Waals surface area contributed by atoms with Crippen molar-refractivity contribution in [1.29, 1.82) is 0 Å². The molecule has 1 aromatic carbocycles. The summed E-state index contributed by atoms with van der Waals surface area (Å²) in [6.07, 6.45) is 3.46. The molecule has 0 aliphatic rings. The fraction of sp³-hybridized carbons (Fsp3) is 0.333. The van der Waals surface area contributed by atoms with E-state index in [9.17, 15) is 14.7 Å². The highest BCUT2D eigenvalue weighted by Crippen LogP contribution is 2.19. The zero-order chi connectivity index (χ0) is 15.1. The standard InChI is InChI=1S/C15H20N2O3/c1-4-5-6-10-17(3)15(20)16-12-9-7-8-11(2)13(12)14(18)19/h4,7-9H,1,5-6,10H2,2-3H3,(H,16,20)(H,18,19). The van der Waals surface area contributed by atoms with Crippen molar-refractivity contribution in [3.05, 3.63) is 42.0 Å². The zero-order valence-corrected chi connectivity index (χ0v) is 11.8. The summed E-state index contributed by atoms with van der Waals surface area (Å²) in [6.45, 7) is 5.92. The molecule has 5 heteroatoms. The summed E-state index contributed by atoms with van der Waals surface area (Å²) in [5.41, 5.74) is 1.06. The maximum atomic E-state index is 12.0. The molecule has 0 fully saturated rings. The highest BCUT2D eigenvalue weighted by molar-refractivity contribution is 6.01. The summed E-state index contributed by atoms with van der Waals surface area (Å²) in [7, 11) is 1.68. The molecule has 108 valence electrons. The van der Waals surface area contributed by atoms with Crippen molar-refractivity contribution < 1.29 is 14.7 Å². The van der Waals surface area contributed by atoms with Gasteiger partial charge in [0.15, 0.2) is 0 Å². The van der Waals surface area contributed by atoms with E-state index in [-0.39, 0.29) is 11.6 Å². The van der Waals surface area contributed by atoms with E-state index in [0.29, 0.717) is 17.8 Å². The van der Waals surface area contributed by atoms with Crippen LogP contribution in [-0.2, 0) is 0 Å². The Labute approximate surface area is 118 Å². The first-order chi connectivity index (χ1) is 9.47. The molecule has 0 aliphatic heterocycles. The van der Waals surface area contributed by atoms with Gasteiger partial charge in [0.2, 0.25) is 0 Å². The summed E-state index contributed by atoms with van der Waals surface area (Å²) in [5.74, 6) is -1.05. The van der Waals surface area contributed by atoms with Crippen LogP contribution in [-0.4, -0.2) is 35.6 Å². The Hall–Kier alpha value is -2.30. The second kappa shape index (κ2) is 7.33. The minimum atomic E-state index is -1.05. The molecule has 1 aromatic rings. The van der Waals surface area contributed by atoms with Gasteiger partial charge in [-0.3, -0.25) is 0 Å². The monoisotopic (exact) mass is 276 g/mol. The lowest BCUT2D eigenvalue weighted by atomic mass is 10.1. The van der Waals surface area contributed by atoms with Gasteiger partial charge in [0.1, 0.15) is 0 Å². The van der Waals surface area contributed by atoms with Crippen molar-refractivity contribution in [1.82, 2.24) is 4.90 Å². The van der Waals surface area contributed by atoms with Crippen LogP contribution < -0.4 is 5.32 Å². The van der Waals surface area contributed by atoms with E-state index >= 15 is 0 Å². The SMILES string of the molecule is C=CCCCN(C)C(=O)Nc1cccc(C)c1C(=O)O. The molecule has 0 saturated carbocycles. The van der Waals surface area contributed by atoms with Gasteiger partial charge < -0.3 is 15.3 Å². The molecule has 1 rings (SSSR count). The fourth-order valence-electron chi connectivity index (χ4n) is 1.84. The second-order valence-electron chi connectivity index (χ2n) is 4.59. The number of aromatic carboxylic acids is 1. The maximum absolute atomic E-state index is 12.0. The van der Waals surface area contributed by atoms with Crippen LogP contribution in [0.15, 0.2) is 30.9 Å². The molecular formula is C15H20N2O3. The fourth-order valence-corrected chi connectivity index (χ4v) is 1.84. The van der Waals surface area contributed by atoms with Gasteiger partial charge in [0, 0.05) is 13.6 Å². The zero-order valence-electron chi connectivity index (χ0n) is 11.8. The Bertz CT molecular complexity index is 512. The van der Waals surface area contributed by atoms with Gasteiger partial charge in [-0.1, -0.05) is 18.2 Å². The number of carbonyl (C=O) groups excluding carboxylic acids is 1. The summed E-state index contributed by atoms with van der Waals surface area (Å²) in [6, 6.07) is 4.69. The third kappa shape index (κ3) is 4.12. The molecule has 0 aliphatic carbocycles. The van der Waals surface area contributed by atoms with E-state index < -0.39 is 5.97 Å². The lowest BCUT2D eigenvalue weighted by Crippen LogP contribution is -2.32. The van der Waals surface area contributed by atoms with E-state index in [4.69, 9.17) is 0 Å². The molecule has 0 radical (unpaired) electrons. The van der Waals surface area contributed by atoms with Gasteiger partial charge >= 0.3 is 12.0 Å². The van der Waals surface area contributed by atoms with Gasteiger partial charge in [-0.2, -0.15) is 0 Å². The van der Waals surface area contributed by atoms with Crippen molar-refractivity contribution in [2.75, 3.05) is 18.9 Å². The number of aryl methyl sites for hydroxylation is 1. The number of carbonyl (C=O) groups is 2. The number of urea groups is 1. The van der Waals surface area contributed by atoms with Crippen molar-refractivity contribution in [3.8, 4) is 0 Å². The Morgan fingerprint density at radius 2 is 2.15 bits per heavy atom. The number of nitrogens with zero attached hydrogens (tertiary/aromatic N) is 1. The quantitative estimate of drug-likeness (QED) is 0.619. The number of allylic oxidation sites excluding steroid dienone is 1. The molecule has 0 saturated heterocycles. The number of nitrogens with one attached hydrogen (secondary N) is 1. The number of hydrogen-bond acceptors (Lipinski definition) is 2. The van der Waals surface area contributed by atoms with Crippen LogP contribution in [0.2, 0.25) is 0 Å². The number of benzene rings is 1. The molecule has 5 nitrogen and oxygen atoms in total. The maximum Gasteiger partial charge on any atom is 0.338 e. The number of hydrogen-bond donors (Lipinski definition) is 2. The average molecular weight is 276 g/mol. The topological polar surface area (TPSA) is 69.6 Å². The lowest BCUT2D eigenvalue weighted by Gasteiger charge is -2.18. The van der Waals surface area contributed by atoms with Crippen molar-refractivity contribution in [2.45, 2.75) is 19.8 Å². The average Bonchev–Trinajstić information content (AvgIpc) is 2.38. The largest absolute Gasteiger partial charge is 0.478 e. The van der Waals surface area contributed by atoms with E-state index in [1.807, 2.05) is 0 Å². The third-order valence-electron chi connectivity index (χ3n) is 2.98. The molecule has 2 N–H and O–H groups in total. The predicted octanol–water partition coefficient (Wildman–Crippen LogP) is 3.12. The highest BCUT2D eigenvalue weighted by atomic mass is 16.4. The van der Waals surface area contributed by atoms with E-state index in [2.05, 4.69) is 11.9 Å². The van der Waals surface area contributed by atoms with Gasteiger partial charge in [0.05, 0.1) is 11.3 Å². The normalized spacial score (nSPS) is 9.90. The molecule has 0 bridgehead atoms. The van der Waals surface area contributed by atoms with Gasteiger partial charge in [-0.15, -0.1) is 6.58 Å². The minimum Gasteiger partial charge on any atom is -0.478 e. The van der Waals surface area contributed by atoms with Crippen molar-refractivity contribution in [3.63, 3.8) is 0 Å². The van der Waals surface area contributed by atoms with E-state index in [1.165, 1.54) is 4.90 Å². The number of rotatable bonds is 6. The number of unbranched alkanes of at least 4 members (excludes halogenated alkanes) is 1. The molecule has 2 amide bonds. The van der Waals surface area contributed by atoms with Crippen molar-refractivity contribution in [2.24, 2.45) is 0 Å². The summed E-state index contributed by atoms with van der Waals surface area (Å²) in [4.78, 5) is 24.7. The second-order valence-corrected chi connectivity index (χ2v) is 4.59. The first kappa shape index (κ1) is 15.8. The summed E-state index contributed by atoms with van der Waals surface area (Å²) in [5, 5.41) is 11.8. The Morgan fingerprint density at radius 3 is 2.75 bits per heavy atom. The molecule has 0 atom stereocenters. The van der Waals surface area contributed by atoms with Crippen LogP contribution in [0.4, 0.5) is 10.5 Å². The number of anilines is 1. The van der Waals surface area contributed by atoms with Crippen LogP contribution in [0.1, 0.15) is 28.8 Å². The molecule has 0 spiro atoms. The number of carboxylic acid groups (broad SMARTS) is 1. The molecule has 0 unspecified atom stereocenters. The van der Waals surface area contributed by atoms with Crippen LogP contribution in [0.3, 0.4) is 0 Å². The Morgan fingerprint density at radius 1 is 1.45 bits per heavy atom. The van der Waals surface area contributed by atoms with Gasteiger partial charge in [-0.25, -0.2) is 9.59 Å². The van der Waals surface area contributed by atoms with Crippen molar-refractivity contribution >= 4 is 17.7 Å². The first-order valence-electron chi connectivity index (χ1n) is 6.43. The van der Waals surface area contributed by atoms with E-state index in [0.717, 1.165) is 12.8 Å². The van der Waals surface area contributed by atoms with Crippen LogP contribution in [0.5, 0.6) is 0 Å². The minimum absolute atomic E-state index is 0.125. The first-order valence-corrected chi connectivity index (χ1v) is 6.43. The number of amides is 2. The predicted molar refractivity (Wildman–Crippen MR) is 79.2 cm³/mol. The highest BCUT2D eigenvalue weighted by Gasteiger charge is 2.16. The third-order valence-corrected chi connectivity index (χ3v) is 2.98. The van der Waals surface area contributed by atoms with Crippen LogP contribution >= 0.6 is 0 Å². The Balaban J connectivity index is 2.78. The number of carboxylic acids is 1. The van der Waals surface area contributed by atoms with Crippen LogP contribution in [0, 0.1) is 6.92 Å². The Kier molecular flexibility index (Phi) is 5.77.